The Hall–Kier alpha value is -2.89. The van der Waals surface area contributed by atoms with E-state index >= 15 is 0 Å². The lowest BCUT2D eigenvalue weighted by Gasteiger charge is -2.22. The summed E-state index contributed by atoms with van der Waals surface area (Å²) >= 11 is 0. The van der Waals surface area contributed by atoms with E-state index in [1.165, 1.54) is 0 Å². The van der Waals surface area contributed by atoms with Crippen molar-refractivity contribution < 1.29 is 19.1 Å². The van der Waals surface area contributed by atoms with Crippen molar-refractivity contribution >= 4 is 17.7 Å². The van der Waals surface area contributed by atoms with Crippen LogP contribution in [0, 0.1) is 13.8 Å². The van der Waals surface area contributed by atoms with Crippen molar-refractivity contribution in [3.05, 3.63) is 58.4 Å². The van der Waals surface area contributed by atoms with Gasteiger partial charge in [0.2, 0.25) is 0 Å². The molecule has 0 saturated heterocycles. The summed E-state index contributed by atoms with van der Waals surface area (Å²) in [6.45, 7) is 5.48. The third-order valence-electron chi connectivity index (χ3n) is 4.78. The normalized spacial score (nSPS) is 13.3. The Morgan fingerprint density at radius 3 is 2.41 bits per heavy atom. The lowest BCUT2D eigenvalue weighted by molar-refractivity contribution is 0.0519. The Kier molecular flexibility index (Phi) is 5.44. The molecule has 0 unspecified atom stereocenters. The lowest BCUT2D eigenvalue weighted by atomic mass is 10.0. The molecule has 27 heavy (non-hydrogen) atoms. The van der Waals surface area contributed by atoms with Gasteiger partial charge in [0.1, 0.15) is 5.69 Å². The van der Waals surface area contributed by atoms with Crippen molar-refractivity contribution in [2.75, 3.05) is 13.2 Å². The molecule has 1 aromatic carbocycles. The molecule has 3 rings (SSSR count). The zero-order valence-electron chi connectivity index (χ0n) is 15.9. The number of ketones is 1. The standard InChI is InChI=1S/C21H24N2O4/c1-4-27-21(26)19-13(2)18(14(3)22-19)17(24)12-23(16-10-11-16)20(25)15-8-6-5-7-9-15/h5-9,16,22H,4,10-12H2,1-3H3. The van der Waals surface area contributed by atoms with Gasteiger partial charge in [0.25, 0.3) is 5.91 Å². The van der Waals surface area contributed by atoms with Gasteiger partial charge < -0.3 is 14.6 Å². The summed E-state index contributed by atoms with van der Waals surface area (Å²) in [6.07, 6.45) is 1.82. The summed E-state index contributed by atoms with van der Waals surface area (Å²) in [5.41, 5.74) is 2.52. The van der Waals surface area contributed by atoms with E-state index in [4.69, 9.17) is 4.74 Å². The highest BCUT2D eigenvalue weighted by molar-refractivity contribution is 6.06. The van der Waals surface area contributed by atoms with Crippen molar-refractivity contribution in [2.45, 2.75) is 39.7 Å². The third kappa shape index (κ3) is 3.94. The highest BCUT2D eigenvalue weighted by Gasteiger charge is 2.35. The van der Waals surface area contributed by atoms with Crippen molar-refractivity contribution in [1.82, 2.24) is 9.88 Å². The summed E-state index contributed by atoms with van der Waals surface area (Å²) in [7, 11) is 0. The molecule has 6 heteroatoms. The SMILES string of the molecule is CCOC(=O)c1[nH]c(C)c(C(=O)CN(C(=O)c2ccccc2)C2CC2)c1C. The summed E-state index contributed by atoms with van der Waals surface area (Å²) in [4.78, 5) is 42.5. The first-order valence-electron chi connectivity index (χ1n) is 9.19. The van der Waals surface area contributed by atoms with Gasteiger partial charge in [0.15, 0.2) is 5.78 Å². The second-order valence-corrected chi connectivity index (χ2v) is 6.80. The monoisotopic (exact) mass is 368 g/mol. The first-order chi connectivity index (χ1) is 12.9. The van der Waals surface area contributed by atoms with E-state index in [0.29, 0.717) is 28.1 Å². The molecule has 1 fully saturated rings. The zero-order valence-corrected chi connectivity index (χ0v) is 15.9. The van der Waals surface area contributed by atoms with Crippen LogP contribution in [-0.2, 0) is 4.74 Å². The Morgan fingerprint density at radius 1 is 1.15 bits per heavy atom. The number of aryl methyl sites for hydroxylation is 1. The van der Waals surface area contributed by atoms with Gasteiger partial charge in [-0.3, -0.25) is 9.59 Å². The van der Waals surface area contributed by atoms with E-state index in [1.807, 2.05) is 18.2 Å². The van der Waals surface area contributed by atoms with Gasteiger partial charge in [-0.25, -0.2) is 4.79 Å². The van der Waals surface area contributed by atoms with Gasteiger partial charge in [-0.15, -0.1) is 0 Å². The fourth-order valence-electron chi connectivity index (χ4n) is 3.31. The van der Waals surface area contributed by atoms with E-state index in [2.05, 4.69) is 4.98 Å². The van der Waals surface area contributed by atoms with Crippen molar-refractivity contribution in [3.8, 4) is 0 Å². The smallest absolute Gasteiger partial charge is 0.355 e. The van der Waals surface area contributed by atoms with Gasteiger partial charge in [-0.2, -0.15) is 0 Å². The number of nitrogens with zero attached hydrogens (tertiary/aromatic N) is 1. The predicted molar refractivity (Wildman–Crippen MR) is 101 cm³/mol. The predicted octanol–water partition coefficient (Wildman–Crippen LogP) is 3.30. The summed E-state index contributed by atoms with van der Waals surface area (Å²) in [5.74, 6) is -0.785. The molecular weight excluding hydrogens is 344 g/mol. The molecule has 1 aromatic heterocycles. The van der Waals surface area contributed by atoms with Gasteiger partial charge in [-0.05, 0) is 51.3 Å². The maximum Gasteiger partial charge on any atom is 0.355 e. The Balaban J connectivity index is 1.83. The van der Waals surface area contributed by atoms with Crippen molar-refractivity contribution in [1.29, 1.82) is 0 Å². The summed E-state index contributed by atoms with van der Waals surface area (Å²) in [6, 6.07) is 9.10. The van der Waals surface area contributed by atoms with Gasteiger partial charge >= 0.3 is 5.97 Å². The number of esters is 1. The summed E-state index contributed by atoms with van der Waals surface area (Å²) in [5, 5.41) is 0. The van der Waals surface area contributed by atoms with Crippen LogP contribution in [0.2, 0.25) is 0 Å². The Morgan fingerprint density at radius 2 is 1.81 bits per heavy atom. The topological polar surface area (TPSA) is 79.5 Å². The van der Waals surface area contributed by atoms with Crippen molar-refractivity contribution in [3.63, 3.8) is 0 Å². The van der Waals surface area contributed by atoms with Crippen LogP contribution in [0.3, 0.4) is 0 Å². The molecule has 142 valence electrons. The summed E-state index contributed by atoms with van der Waals surface area (Å²) < 4.78 is 5.04. The van der Waals surface area contributed by atoms with E-state index in [0.717, 1.165) is 12.8 Å². The number of rotatable bonds is 7. The number of aromatic nitrogens is 1. The lowest BCUT2D eigenvalue weighted by Crippen LogP contribution is -2.37. The first-order valence-corrected chi connectivity index (χ1v) is 9.19. The minimum atomic E-state index is -0.475. The van der Waals surface area contributed by atoms with Gasteiger partial charge in [-0.1, -0.05) is 18.2 Å². The van der Waals surface area contributed by atoms with Crippen LogP contribution in [0.1, 0.15) is 62.2 Å². The second-order valence-electron chi connectivity index (χ2n) is 6.80. The Bertz CT molecular complexity index is 866. The maximum absolute atomic E-state index is 13.0. The fourth-order valence-corrected chi connectivity index (χ4v) is 3.31. The number of aromatic amines is 1. The molecule has 0 bridgehead atoms. The van der Waals surface area contributed by atoms with Crippen LogP contribution < -0.4 is 0 Å². The van der Waals surface area contributed by atoms with Crippen LogP contribution in [0.25, 0.3) is 0 Å². The van der Waals surface area contributed by atoms with Crippen LogP contribution in [0.4, 0.5) is 0 Å². The minimum absolute atomic E-state index is 0.000191. The number of hydrogen-bond acceptors (Lipinski definition) is 4. The second kappa shape index (κ2) is 7.78. The fraction of sp³-hybridized carbons (Fsp3) is 0.381. The molecule has 6 nitrogen and oxygen atoms in total. The number of hydrogen-bond donors (Lipinski definition) is 1. The molecule has 1 aliphatic carbocycles. The van der Waals surface area contributed by atoms with E-state index in [1.54, 1.807) is 37.8 Å². The quantitative estimate of drug-likeness (QED) is 0.601. The Labute approximate surface area is 158 Å². The number of carbonyl (C=O) groups excluding carboxylic acids is 3. The average molecular weight is 368 g/mol. The minimum Gasteiger partial charge on any atom is -0.461 e. The molecule has 2 aromatic rings. The highest BCUT2D eigenvalue weighted by atomic mass is 16.5. The number of H-pyrrole nitrogens is 1. The number of amides is 1. The van der Waals surface area contributed by atoms with Crippen LogP contribution >= 0.6 is 0 Å². The largest absolute Gasteiger partial charge is 0.461 e. The van der Waals surface area contributed by atoms with Crippen LogP contribution in [0.15, 0.2) is 30.3 Å². The molecule has 0 radical (unpaired) electrons. The van der Waals surface area contributed by atoms with Crippen LogP contribution in [-0.4, -0.2) is 46.7 Å². The van der Waals surface area contributed by atoms with Crippen LogP contribution in [0.5, 0.6) is 0 Å². The molecule has 0 aliphatic heterocycles. The number of nitrogens with one attached hydrogen (secondary N) is 1. The average Bonchev–Trinajstić information content (AvgIpc) is 3.45. The van der Waals surface area contributed by atoms with E-state index in [9.17, 15) is 14.4 Å². The molecule has 1 heterocycles. The molecule has 1 N–H and O–H groups in total. The van der Waals surface area contributed by atoms with Crippen molar-refractivity contribution in [2.24, 2.45) is 0 Å². The number of Topliss-reactive ketones (excluding diaryl/α,β-unsaturated/α-hetero) is 1. The zero-order chi connectivity index (χ0) is 19.6. The first kappa shape index (κ1) is 18.9. The van der Waals surface area contributed by atoms with E-state index < -0.39 is 5.97 Å². The third-order valence-corrected chi connectivity index (χ3v) is 4.78. The van der Waals surface area contributed by atoms with Gasteiger partial charge in [0.05, 0.1) is 13.2 Å². The number of ether oxygens (including phenoxy) is 1. The molecule has 1 aliphatic rings. The molecule has 1 saturated carbocycles. The highest BCUT2D eigenvalue weighted by Crippen LogP contribution is 2.29. The molecule has 0 atom stereocenters. The number of benzene rings is 1. The molecule has 1 amide bonds. The van der Waals surface area contributed by atoms with Gasteiger partial charge in [0, 0.05) is 22.9 Å². The molecule has 0 spiro atoms. The molecular formula is C21H24N2O4. The number of carbonyl (C=O) groups is 3. The van der Waals surface area contributed by atoms with E-state index in [-0.39, 0.29) is 30.9 Å². The maximum atomic E-state index is 13.0.